The van der Waals surface area contributed by atoms with E-state index in [1.807, 2.05) is 19.9 Å². The summed E-state index contributed by atoms with van der Waals surface area (Å²) in [5.41, 5.74) is 0.285. The second-order valence-corrected chi connectivity index (χ2v) is 6.72. The van der Waals surface area contributed by atoms with Gasteiger partial charge in [-0.1, -0.05) is 11.6 Å². The SMILES string of the molecule is CCOC(=O)C(CCC=C(C)C)P(=O)(OCC)OCC. The molecule has 1 atom stereocenters. The molecule has 0 radical (unpaired) electrons. The Morgan fingerprint density at radius 2 is 1.65 bits per heavy atom. The van der Waals surface area contributed by atoms with Crippen LogP contribution in [0.2, 0.25) is 0 Å². The second-order valence-electron chi connectivity index (χ2n) is 4.50. The summed E-state index contributed by atoms with van der Waals surface area (Å²) in [7, 11) is -3.48. The lowest BCUT2D eigenvalue weighted by atomic mass is 10.2. The highest BCUT2D eigenvalue weighted by molar-refractivity contribution is 7.55. The number of allylic oxidation sites excluding steroid dienone is 2. The molecule has 0 saturated heterocycles. The van der Waals surface area contributed by atoms with Gasteiger partial charge in [-0.15, -0.1) is 0 Å². The lowest BCUT2D eigenvalue weighted by Gasteiger charge is -2.24. The van der Waals surface area contributed by atoms with Crippen LogP contribution in [0.4, 0.5) is 0 Å². The maximum Gasteiger partial charge on any atom is 0.344 e. The Kier molecular flexibility index (Phi) is 9.82. The third-order valence-corrected chi connectivity index (χ3v) is 5.02. The highest BCUT2D eigenvalue weighted by Gasteiger charge is 2.41. The van der Waals surface area contributed by atoms with Crippen LogP contribution in [-0.2, 0) is 23.1 Å². The van der Waals surface area contributed by atoms with Gasteiger partial charge in [-0.05, 0) is 47.5 Å². The second kappa shape index (κ2) is 10.1. The van der Waals surface area contributed by atoms with E-state index in [0.717, 1.165) is 5.57 Å². The molecule has 1 unspecified atom stereocenters. The third kappa shape index (κ3) is 6.69. The molecule has 0 aliphatic heterocycles. The highest BCUT2D eigenvalue weighted by Crippen LogP contribution is 2.55. The molecule has 0 rings (SSSR count). The van der Waals surface area contributed by atoms with Gasteiger partial charge < -0.3 is 13.8 Å². The number of carbonyl (C=O) groups is 1. The Hall–Kier alpha value is -0.640. The normalized spacial score (nSPS) is 12.8. The fourth-order valence-electron chi connectivity index (χ4n) is 1.75. The fourth-order valence-corrected chi connectivity index (χ4v) is 3.70. The Labute approximate surface area is 122 Å². The lowest BCUT2D eigenvalue weighted by molar-refractivity contribution is -0.143. The molecule has 0 N–H and O–H groups in total. The molecule has 0 aromatic carbocycles. The molecular weight excluding hydrogens is 279 g/mol. The van der Waals surface area contributed by atoms with E-state index in [1.54, 1.807) is 20.8 Å². The Morgan fingerprint density at radius 1 is 1.10 bits per heavy atom. The summed E-state index contributed by atoms with van der Waals surface area (Å²) in [5.74, 6) is -0.514. The number of rotatable bonds is 10. The molecule has 0 aromatic heterocycles. The number of esters is 1. The molecule has 0 saturated carbocycles. The molecule has 5 nitrogen and oxygen atoms in total. The van der Waals surface area contributed by atoms with Crippen molar-refractivity contribution in [3.8, 4) is 0 Å². The zero-order chi connectivity index (χ0) is 15.6. The van der Waals surface area contributed by atoms with Crippen LogP contribution >= 0.6 is 7.60 Å². The van der Waals surface area contributed by atoms with Crippen LogP contribution in [0.3, 0.4) is 0 Å². The number of hydrogen-bond acceptors (Lipinski definition) is 5. The first-order valence-electron chi connectivity index (χ1n) is 7.10. The lowest BCUT2D eigenvalue weighted by Crippen LogP contribution is -2.26. The van der Waals surface area contributed by atoms with Gasteiger partial charge in [-0.3, -0.25) is 9.36 Å². The van der Waals surface area contributed by atoms with E-state index in [9.17, 15) is 9.36 Å². The van der Waals surface area contributed by atoms with Crippen molar-refractivity contribution < 1.29 is 23.1 Å². The summed E-state index contributed by atoms with van der Waals surface area (Å²) in [6.07, 6.45) is 3.02. The Morgan fingerprint density at radius 3 is 2.05 bits per heavy atom. The van der Waals surface area contributed by atoms with Crippen molar-refractivity contribution >= 4 is 13.6 Å². The van der Waals surface area contributed by atoms with Crippen LogP contribution in [-0.4, -0.2) is 31.4 Å². The quantitative estimate of drug-likeness (QED) is 0.347. The van der Waals surface area contributed by atoms with Crippen molar-refractivity contribution in [1.82, 2.24) is 0 Å². The van der Waals surface area contributed by atoms with E-state index in [0.29, 0.717) is 12.8 Å². The van der Waals surface area contributed by atoms with Gasteiger partial charge in [0.25, 0.3) is 0 Å². The van der Waals surface area contributed by atoms with Crippen LogP contribution in [0.5, 0.6) is 0 Å². The topological polar surface area (TPSA) is 61.8 Å². The average Bonchev–Trinajstić information content (AvgIpc) is 2.34. The first kappa shape index (κ1) is 19.4. The maximum absolute atomic E-state index is 12.7. The highest BCUT2D eigenvalue weighted by atomic mass is 31.2. The van der Waals surface area contributed by atoms with Crippen molar-refractivity contribution in [2.75, 3.05) is 19.8 Å². The summed E-state index contributed by atoms with van der Waals surface area (Å²) >= 11 is 0. The van der Waals surface area contributed by atoms with Crippen molar-refractivity contribution in [2.45, 2.75) is 53.1 Å². The molecule has 6 heteroatoms. The molecule has 0 heterocycles. The maximum atomic E-state index is 12.7. The Bertz CT molecular complexity index is 351. The summed E-state index contributed by atoms with van der Waals surface area (Å²) in [5, 5.41) is 0. The monoisotopic (exact) mass is 306 g/mol. The molecule has 118 valence electrons. The van der Waals surface area contributed by atoms with Gasteiger partial charge in [0.2, 0.25) is 0 Å². The van der Waals surface area contributed by atoms with Gasteiger partial charge in [0.05, 0.1) is 19.8 Å². The zero-order valence-electron chi connectivity index (χ0n) is 13.2. The smallest absolute Gasteiger partial charge is 0.344 e. The van der Waals surface area contributed by atoms with E-state index < -0.39 is 19.2 Å². The van der Waals surface area contributed by atoms with E-state index in [4.69, 9.17) is 13.8 Å². The van der Waals surface area contributed by atoms with Gasteiger partial charge in [0.1, 0.15) is 0 Å². The molecule has 0 spiro atoms. The summed E-state index contributed by atoms with van der Waals surface area (Å²) < 4.78 is 28.3. The standard InChI is InChI=1S/C14H27O5P/c1-6-17-14(15)13(11-9-10-12(4)5)20(16,18-7-2)19-8-3/h10,13H,6-9,11H2,1-5H3. The molecule has 0 aliphatic carbocycles. The van der Waals surface area contributed by atoms with E-state index in [-0.39, 0.29) is 19.8 Å². The van der Waals surface area contributed by atoms with Crippen molar-refractivity contribution in [1.29, 1.82) is 0 Å². The zero-order valence-corrected chi connectivity index (χ0v) is 14.1. The molecule has 20 heavy (non-hydrogen) atoms. The van der Waals surface area contributed by atoms with Gasteiger partial charge in [-0.25, -0.2) is 0 Å². The van der Waals surface area contributed by atoms with E-state index >= 15 is 0 Å². The largest absolute Gasteiger partial charge is 0.465 e. The van der Waals surface area contributed by atoms with E-state index in [2.05, 4.69) is 0 Å². The van der Waals surface area contributed by atoms with Crippen LogP contribution in [0.1, 0.15) is 47.5 Å². The molecule has 0 aromatic rings. The first-order valence-corrected chi connectivity index (χ1v) is 8.71. The molecule has 0 bridgehead atoms. The number of hydrogen-bond donors (Lipinski definition) is 0. The number of ether oxygens (including phenoxy) is 1. The van der Waals surface area contributed by atoms with Gasteiger partial charge >= 0.3 is 13.6 Å². The summed E-state index contributed by atoms with van der Waals surface area (Å²) in [6, 6.07) is 0. The molecule has 0 aliphatic rings. The van der Waals surface area contributed by atoms with Crippen LogP contribution in [0.15, 0.2) is 11.6 Å². The molecule has 0 fully saturated rings. The van der Waals surface area contributed by atoms with Crippen LogP contribution in [0.25, 0.3) is 0 Å². The van der Waals surface area contributed by atoms with Crippen LogP contribution in [0, 0.1) is 0 Å². The molecule has 0 amide bonds. The van der Waals surface area contributed by atoms with Crippen molar-refractivity contribution in [3.63, 3.8) is 0 Å². The van der Waals surface area contributed by atoms with E-state index in [1.165, 1.54) is 0 Å². The fraction of sp³-hybridized carbons (Fsp3) is 0.786. The Balaban J connectivity index is 5.09. The van der Waals surface area contributed by atoms with Gasteiger partial charge in [0, 0.05) is 0 Å². The minimum atomic E-state index is -3.48. The summed E-state index contributed by atoms with van der Waals surface area (Å²) in [4.78, 5) is 12.0. The predicted molar refractivity (Wildman–Crippen MR) is 79.9 cm³/mol. The average molecular weight is 306 g/mol. The van der Waals surface area contributed by atoms with Crippen molar-refractivity contribution in [3.05, 3.63) is 11.6 Å². The van der Waals surface area contributed by atoms with Crippen LogP contribution < -0.4 is 0 Å². The van der Waals surface area contributed by atoms with Crippen molar-refractivity contribution in [2.24, 2.45) is 0 Å². The summed E-state index contributed by atoms with van der Waals surface area (Å²) in [6.45, 7) is 9.83. The minimum absolute atomic E-state index is 0.232. The third-order valence-electron chi connectivity index (χ3n) is 2.55. The number of carbonyl (C=O) groups excluding carboxylic acids is 1. The first-order chi connectivity index (χ1) is 9.41. The predicted octanol–water partition coefficient (Wildman–Crippen LogP) is 3.93. The molecular formula is C14H27O5P. The van der Waals surface area contributed by atoms with Gasteiger partial charge in [-0.2, -0.15) is 0 Å². The minimum Gasteiger partial charge on any atom is -0.465 e. The van der Waals surface area contributed by atoms with Gasteiger partial charge in [0.15, 0.2) is 5.66 Å².